The lowest BCUT2D eigenvalue weighted by atomic mass is 9.99. The number of amides is 1. The van der Waals surface area contributed by atoms with Gasteiger partial charge in [-0.15, -0.1) is 11.8 Å². The van der Waals surface area contributed by atoms with Crippen LogP contribution in [0.1, 0.15) is 26.7 Å². The van der Waals surface area contributed by atoms with E-state index in [1.54, 1.807) is 11.8 Å². The summed E-state index contributed by atoms with van der Waals surface area (Å²) in [6.45, 7) is 6.76. The number of ether oxygens (including phenoxy) is 1. The molecule has 1 amide bonds. The van der Waals surface area contributed by atoms with Gasteiger partial charge in [0.25, 0.3) is 0 Å². The van der Waals surface area contributed by atoms with Crippen molar-refractivity contribution in [1.82, 2.24) is 4.90 Å². The average Bonchev–Trinajstić information content (AvgIpc) is 2.52. The Balaban J connectivity index is 1.64. The molecule has 3 nitrogen and oxygen atoms in total. The van der Waals surface area contributed by atoms with Crippen LogP contribution in [0.25, 0.3) is 0 Å². The van der Waals surface area contributed by atoms with E-state index in [0.717, 1.165) is 43.4 Å². The third-order valence-electron chi connectivity index (χ3n) is 3.91. The first-order valence-electron chi connectivity index (χ1n) is 7.75. The maximum absolute atomic E-state index is 12.3. The van der Waals surface area contributed by atoms with Crippen molar-refractivity contribution in [3.05, 3.63) is 30.3 Å². The molecular weight excluding hydrogens is 282 g/mol. The largest absolute Gasteiger partial charge is 0.493 e. The van der Waals surface area contributed by atoms with Crippen molar-refractivity contribution in [1.29, 1.82) is 0 Å². The Bertz CT molecular complexity index is 430. The van der Waals surface area contributed by atoms with E-state index in [9.17, 15) is 4.79 Å². The first-order valence-corrected chi connectivity index (χ1v) is 8.80. The van der Waals surface area contributed by atoms with E-state index < -0.39 is 0 Å². The molecule has 1 aliphatic heterocycles. The molecule has 21 heavy (non-hydrogen) atoms. The Morgan fingerprint density at radius 1 is 1.33 bits per heavy atom. The van der Waals surface area contributed by atoms with Crippen LogP contribution < -0.4 is 4.74 Å². The molecule has 1 fully saturated rings. The molecule has 2 rings (SSSR count). The molecule has 1 aromatic rings. The summed E-state index contributed by atoms with van der Waals surface area (Å²) in [5, 5.41) is 0.0257. The summed E-state index contributed by atoms with van der Waals surface area (Å²) in [4.78, 5) is 14.4. The smallest absolute Gasteiger partial charge is 0.235 e. The molecule has 0 saturated carbocycles. The molecule has 1 unspecified atom stereocenters. The van der Waals surface area contributed by atoms with Crippen LogP contribution in [-0.4, -0.2) is 41.5 Å². The van der Waals surface area contributed by atoms with E-state index in [4.69, 9.17) is 4.74 Å². The van der Waals surface area contributed by atoms with Crippen molar-refractivity contribution in [2.24, 2.45) is 5.92 Å². The number of piperidine rings is 1. The van der Waals surface area contributed by atoms with E-state index >= 15 is 0 Å². The lowest BCUT2D eigenvalue weighted by Gasteiger charge is -2.32. The summed E-state index contributed by atoms with van der Waals surface area (Å²) in [6.07, 6.45) is 2.28. The van der Waals surface area contributed by atoms with Crippen LogP contribution in [0.5, 0.6) is 5.75 Å². The standard InChI is InChI=1S/C17H25NO2S/c1-14-8-10-18(11-9-14)17(19)15(2)21-13-12-20-16-6-4-3-5-7-16/h3-7,14-15H,8-13H2,1-2H3. The first kappa shape index (κ1) is 16.2. The van der Waals surface area contributed by atoms with Crippen LogP contribution in [0.3, 0.4) is 0 Å². The van der Waals surface area contributed by atoms with Crippen LogP contribution in [0.4, 0.5) is 0 Å². The fourth-order valence-electron chi connectivity index (χ4n) is 2.46. The zero-order valence-electron chi connectivity index (χ0n) is 13.0. The Kier molecular flexibility index (Phi) is 6.43. The maximum Gasteiger partial charge on any atom is 0.235 e. The number of carbonyl (C=O) groups is 1. The van der Waals surface area contributed by atoms with Crippen LogP contribution in [-0.2, 0) is 4.79 Å². The summed E-state index contributed by atoms with van der Waals surface area (Å²) >= 11 is 1.68. The van der Waals surface area contributed by atoms with Gasteiger partial charge < -0.3 is 9.64 Å². The second-order valence-electron chi connectivity index (χ2n) is 5.68. The molecule has 0 radical (unpaired) electrons. The van der Waals surface area contributed by atoms with Gasteiger partial charge in [0.2, 0.25) is 5.91 Å². The normalized spacial score (nSPS) is 17.5. The van der Waals surface area contributed by atoms with Gasteiger partial charge in [0.1, 0.15) is 5.75 Å². The molecule has 1 saturated heterocycles. The minimum absolute atomic E-state index is 0.0257. The highest BCUT2D eigenvalue weighted by atomic mass is 32.2. The number of rotatable bonds is 6. The van der Waals surface area contributed by atoms with Crippen molar-refractivity contribution in [3.8, 4) is 5.75 Å². The molecule has 1 atom stereocenters. The predicted octanol–water partition coefficient (Wildman–Crippen LogP) is 3.45. The molecule has 0 aromatic heterocycles. The van der Waals surface area contributed by atoms with E-state index in [-0.39, 0.29) is 11.2 Å². The van der Waals surface area contributed by atoms with E-state index in [0.29, 0.717) is 6.61 Å². The van der Waals surface area contributed by atoms with Gasteiger partial charge in [-0.25, -0.2) is 0 Å². The monoisotopic (exact) mass is 307 g/mol. The highest BCUT2D eigenvalue weighted by molar-refractivity contribution is 8.00. The quantitative estimate of drug-likeness (QED) is 0.754. The first-order chi connectivity index (χ1) is 10.2. The molecule has 116 valence electrons. The van der Waals surface area contributed by atoms with Gasteiger partial charge in [0.15, 0.2) is 0 Å². The predicted molar refractivity (Wildman–Crippen MR) is 88.8 cm³/mol. The second kappa shape index (κ2) is 8.32. The number of para-hydroxylation sites is 1. The number of thioether (sulfide) groups is 1. The zero-order chi connectivity index (χ0) is 15.1. The second-order valence-corrected chi connectivity index (χ2v) is 7.13. The molecule has 1 aromatic carbocycles. The minimum Gasteiger partial charge on any atom is -0.493 e. The van der Waals surface area contributed by atoms with E-state index in [1.165, 1.54) is 0 Å². The molecule has 0 bridgehead atoms. The average molecular weight is 307 g/mol. The van der Waals surface area contributed by atoms with Gasteiger partial charge in [-0.3, -0.25) is 4.79 Å². The lowest BCUT2D eigenvalue weighted by Crippen LogP contribution is -2.41. The summed E-state index contributed by atoms with van der Waals surface area (Å²) in [5.41, 5.74) is 0. The highest BCUT2D eigenvalue weighted by Gasteiger charge is 2.24. The summed E-state index contributed by atoms with van der Waals surface area (Å²) < 4.78 is 5.65. The number of benzene rings is 1. The van der Waals surface area contributed by atoms with Crippen molar-refractivity contribution in [3.63, 3.8) is 0 Å². The number of hydrogen-bond donors (Lipinski definition) is 0. The van der Waals surface area contributed by atoms with Crippen molar-refractivity contribution < 1.29 is 9.53 Å². The Labute approximate surface area is 132 Å². The van der Waals surface area contributed by atoms with Gasteiger partial charge in [0.05, 0.1) is 11.9 Å². The third-order valence-corrected chi connectivity index (χ3v) is 5.01. The van der Waals surface area contributed by atoms with Gasteiger partial charge in [0, 0.05) is 18.8 Å². The summed E-state index contributed by atoms with van der Waals surface area (Å²) in [5.74, 6) is 2.77. The fourth-order valence-corrected chi connectivity index (χ4v) is 3.28. The maximum atomic E-state index is 12.3. The lowest BCUT2D eigenvalue weighted by molar-refractivity contribution is -0.131. The van der Waals surface area contributed by atoms with Crippen molar-refractivity contribution in [2.75, 3.05) is 25.4 Å². The number of likely N-dealkylation sites (tertiary alicyclic amines) is 1. The topological polar surface area (TPSA) is 29.5 Å². The van der Waals surface area contributed by atoms with E-state index in [2.05, 4.69) is 6.92 Å². The number of hydrogen-bond acceptors (Lipinski definition) is 3. The van der Waals surface area contributed by atoms with Crippen LogP contribution in [0.2, 0.25) is 0 Å². The van der Waals surface area contributed by atoms with Gasteiger partial charge in [-0.05, 0) is 37.8 Å². The Morgan fingerprint density at radius 3 is 2.67 bits per heavy atom. The SMILES string of the molecule is CC1CCN(C(=O)C(C)SCCOc2ccccc2)CC1. The van der Waals surface area contributed by atoms with Crippen molar-refractivity contribution in [2.45, 2.75) is 31.9 Å². The van der Waals surface area contributed by atoms with Gasteiger partial charge in [-0.2, -0.15) is 0 Å². The molecule has 0 aliphatic carbocycles. The summed E-state index contributed by atoms with van der Waals surface area (Å²) in [7, 11) is 0. The molecule has 1 aliphatic rings. The fraction of sp³-hybridized carbons (Fsp3) is 0.588. The van der Waals surface area contributed by atoms with Crippen LogP contribution in [0, 0.1) is 5.92 Å². The molecule has 1 heterocycles. The highest BCUT2D eigenvalue weighted by Crippen LogP contribution is 2.20. The molecule has 0 spiro atoms. The number of carbonyl (C=O) groups excluding carboxylic acids is 1. The Hall–Kier alpha value is -1.16. The molecular formula is C17H25NO2S. The molecule has 0 N–H and O–H groups in total. The minimum atomic E-state index is 0.0257. The van der Waals surface area contributed by atoms with E-state index in [1.807, 2.05) is 42.2 Å². The van der Waals surface area contributed by atoms with Crippen molar-refractivity contribution >= 4 is 17.7 Å². The van der Waals surface area contributed by atoms with Gasteiger partial charge >= 0.3 is 0 Å². The third kappa shape index (κ3) is 5.27. The van der Waals surface area contributed by atoms with Crippen LogP contribution in [0.15, 0.2) is 30.3 Å². The molecule has 4 heteroatoms. The summed E-state index contributed by atoms with van der Waals surface area (Å²) in [6, 6.07) is 9.81. The zero-order valence-corrected chi connectivity index (χ0v) is 13.8. The Morgan fingerprint density at radius 2 is 2.00 bits per heavy atom. The van der Waals surface area contributed by atoms with Gasteiger partial charge in [-0.1, -0.05) is 25.1 Å². The number of nitrogens with zero attached hydrogens (tertiary/aromatic N) is 1. The van der Waals surface area contributed by atoms with Crippen LogP contribution >= 0.6 is 11.8 Å².